The standard InChI is InChI=1S/C29H27N5O2/c1-18-12-14-23(15-13-18)32-28(35)24-17-30-34-26(21-9-7-8-19(2)16-21)25(20(3)31-27(24)34)29(36)33-22-10-5-4-6-11-22/h4-17,26,31H,1-3H3,(H,32,35)(H,33,36)/t26-/m1/s1. The van der Waals surface area contributed by atoms with E-state index in [1.54, 1.807) is 10.9 Å². The fourth-order valence-electron chi connectivity index (χ4n) is 4.42. The van der Waals surface area contributed by atoms with Gasteiger partial charge in [0.2, 0.25) is 0 Å². The second-order valence-electron chi connectivity index (χ2n) is 8.97. The van der Waals surface area contributed by atoms with Crippen LogP contribution in [0.15, 0.2) is 96.3 Å². The highest BCUT2D eigenvalue weighted by molar-refractivity contribution is 6.09. The van der Waals surface area contributed by atoms with Gasteiger partial charge in [0.05, 0.1) is 11.8 Å². The highest BCUT2D eigenvalue weighted by Gasteiger charge is 2.35. The van der Waals surface area contributed by atoms with Crippen LogP contribution in [0.4, 0.5) is 17.2 Å². The van der Waals surface area contributed by atoms with Gasteiger partial charge in [0.15, 0.2) is 0 Å². The first-order chi connectivity index (χ1) is 17.4. The zero-order chi connectivity index (χ0) is 25.2. The maximum absolute atomic E-state index is 13.5. The topological polar surface area (TPSA) is 88.0 Å². The Labute approximate surface area is 209 Å². The Kier molecular flexibility index (Phi) is 6.12. The number of hydrogen-bond acceptors (Lipinski definition) is 4. The van der Waals surface area contributed by atoms with Crippen molar-refractivity contribution in [3.8, 4) is 0 Å². The molecule has 3 aromatic carbocycles. The summed E-state index contributed by atoms with van der Waals surface area (Å²) < 4.78 is 1.71. The minimum absolute atomic E-state index is 0.232. The largest absolute Gasteiger partial charge is 0.343 e. The molecule has 7 heteroatoms. The maximum atomic E-state index is 13.5. The Bertz CT molecular complexity index is 1470. The first kappa shape index (κ1) is 23.1. The molecule has 1 atom stereocenters. The number of allylic oxidation sites excluding steroid dienone is 1. The van der Waals surface area contributed by atoms with Crippen molar-refractivity contribution in [3.05, 3.63) is 119 Å². The van der Waals surface area contributed by atoms with Crippen LogP contribution in [-0.4, -0.2) is 21.6 Å². The van der Waals surface area contributed by atoms with Gasteiger partial charge < -0.3 is 16.0 Å². The predicted molar refractivity (Wildman–Crippen MR) is 142 cm³/mol. The summed E-state index contributed by atoms with van der Waals surface area (Å²) >= 11 is 0. The van der Waals surface area contributed by atoms with Gasteiger partial charge in [-0.3, -0.25) is 9.59 Å². The van der Waals surface area contributed by atoms with E-state index in [4.69, 9.17) is 0 Å². The van der Waals surface area contributed by atoms with E-state index in [-0.39, 0.29) is 11.8 Å². The van der Waals surface area contributed by atoms with E-state index in [0.717, 1.165) is 16.7 Å². The Morgan fingerprint density at radius 1 is 0.806 bits per heavy atom. The molecule has 0 aliphatic carbocycles. The van der Waals surface area contributed by atoms with Crippen LogP contribution < -0.4 is 16.0 Å². The molecule has 3 N–H and O–H groups in total. The third-order valence-electron chi connectivity index (χ3n) is 6.21. The molecule has 0 fully saturated rings. The van der Waals surface area contributed by atoms with Crippen molar-refractivity contribution in [3.63, 3.8) is 0 Å². The second-order valence-corrected chi connectivity index (χ2v) is 8.97. The molecule has 0 unspecified atom stereocenters. The lowest BCUT2D eigenvalue weighted by molar-refractivity contribution is -0.113. The van der Waals surface area contributed by atoms with Gasteiger partial charge in [-0.1, -0.05) is 65.7 Å². The number of fused-ring (bicyclic) bond motifs is 1. The number of carbonyl (C=O) groups excluding carboxylic acids is 2. The van der Waals surface area contributed by atoms with Crippen LogP contribution in [0.3, 0.4) is 0 Å². The Hall–Kier alpha value is -4.65. The fraction of sp³-hybridized carbons (Fsp3) is 0.138. The second kappa shape index (κ2) is 9.54. The summed E-state index contributed by atoms with van der Waals surface area (Å²) in [6.07, 6.45) is 1.54. The number of anilines is 3. The molecule has 4 aromatic rings. The number of benzene rings is 3. The van der Waals surface area contributed by atoms with Crippen molar-refractivity contribution in [2.45, 2.75) is 26.8 Å². The average Bonchev–Trinajstić information content (AvgIpc) is 3.28. The van der Waals surface area contributed by atoms with Gasteiger partial charge in [0, 0.05) is 17.1 Å². The lowest BCUT2D eigenvalue weighted by Gasteiger charge is -2.30. The van der Waals surface area contributed by atoms with E-state index in [1.807, 2.05) is 99.6 Å². The summed E-state index contributed by atoms with van der Waals surface area (Å²) in [7, 11) is 0. The van der Waals surface area contributed by atoms with Crippen molar-refractivity contribution < 1.29 is 9.59 Å². The van der Waals surface area contributed by atoms with Gasteiger partial charge in [-0.05, 0) is 50.6 Å². The predicted octanol–water partition coefficient (Wildman–Crippen LogP) is 5.68. The SMILES string of the molecule is CC1=C(C(=O)Nc2ccccc2)[C@@H](c2cccc(C)c2)n2ncc(C(=O)Nc3ccc(C)cc3)c2N1. The van der Waals surface area contributed by atoms with Crippen LogP contribution in [0.2, 0.25) is 0 Å². The number of rotatable bonds is 5. The third-order valence-corrected chi connectivity index (χ3v) is 6.21. The van der Waals surface area contributed by atoms with Crippen LogP contribution in [0.1, 0.15) is 40.0 Å². The summed E-state index contributed by atoms with van der Waals surface area (Å²) in [5, 5.41) is 13.8. The molecule has 36 heavy (non-hydrogen) atoms. The molecule has 0 spiro atoms. The van der Waals surface area contributed by atoms with Gasteiger partial charge in [0.1, 0.15) is 17.4 Å². The molecule has 5 rings (SSSR count). The smallest absolute Gasteiger partial charge is 0.261 e. The highest BCUT2D eigenvalue weighted by atomic mass is 16.2. The van der Waals surface area contributed by atoms with E-state index in [0.29, 0.717) is 34.0 Å². The summed E-state index contributed by atoms with van der Waals surface area (Å²) in [6.45, 7) is 5.85. The lowest BCUT2D eigenvalue weighted by Crippen LogP contribution is -2.32. The first-order valence-corrected chi connectivity index (χ1v) is 11.8. The Balaban J connectivity index is 1.54. The molecule has 0 radical (unpaired) electrons. The highest BCUT2D eigenvalue weighted by Crippen LogP contribution is 2.38. The number of nitrogens with zero attached hydrogens (tertiary/aromatic N) is 2. The number of nitrogens with one attached hydrogen (secondary N) is 3. The van der Waals surface area contributed by atoms with Gasteiger partial charge in [-0.2, -0.15) is 5.10 Å². The monoisotopic (exact) mass is 477 g/mol. The first-order valence-electron chi connectivity index (χ1n) is 11.8. The van der Waals surface area contributed by atoms with Crippen molar-refractivity contribution in [1.82, 2.24) is 9.78 Å². The lowest BCUT2D eigenvalue weighted by atomic mass is 9.93. The van der Waals surface area contributed by atoms with Crippen LogP contribution in [0, 0.1) is 13.8 Å². The van der Waals surface area contributed by atoms with Gasteiger partial charge in [-0.15, -0.1) is 0 Å². The number of hydrogen-bond donors (Lipinski definition) is 3. The van der Waals surface area contributed by atoms with E-state index < -0.39 is 6.04 Å². The van der Waals surface area contributed by atoms with Crippen molar-refractivity contribution in [2.75, 3.05) is 16.0 Å². The molecular formula is C29H27N5O2. The van der Waals surface area contributed by atoms with E-state index >= 15 is 0 Å². The van der Waals surface area contributed by atoms with Gasteiger partial charge in [0.25, 0.3) is 11.8 Å². The summed E-state index contributed by atoms with van der Waals surface area (Å²) in [5.74, 6) is 0.0324. The molecule has 2 heterocycles. The number of para-hydroxylation sites is 1. The van der Waals surface area contributed by atoms with Crippen LogP contribution in [-0.2, 0) is 4.79 Å². The summed E-state index contributed by atoms with van der Waals surface area (Å²) in [5.41, 5.74) is 6.08. The fourth-order valence-corrected chi connectivity index (χ4v) is 4.42. The average molecular weight is 478 g/mol. The van der Waals surface area contributed by atoms with Gasteiger partial charge >= 0.3 is 0 Å². The van der Waals surface area contributed by atoms with Crippen LogP contribution in [0.5, 0.6) is 0 Å². The molecule has 1 aliphatic heterocycles. The molecular weight excluding hydrogens is 450 g/mol. The third kappa shape index (κ3) is 4.51. The molecule has 2 amide bonds. The number of aryl methyl sites for hydroxylation is 2. The Morgan fingerprint density at radius 3 is 2.22 bits per heavy atom. The van der Waals surface area contributed by atoms with Gasteiger partial charge in [-0.25, -0.2) is 4.68 Å². The van der Waals surface area contributed by atoms with Crippen molar-refractivity contribution >= 4 is 29.0 Å². The molecule has 1 aliphatic rings. The van der Waals surface area contributed by atoms with E-state index in [9.17, 15) is 9.59 Å². The minimum atomic E-state index is -0.509. The maximum Gasteiger partial charge on any atom is 0.261 e. The van der Waals surface area contributed by atoms with Crippen LogP contribution >= 0.6 is 0 Å². The number of carbonyl (C=O) groups is 2. The molecule has 0 bridgehead atoms. The van der Waals surface area contributed by atoms with Crippen LogP contribution in [0.25, 0.3) is 0 Å². The summed E-state index contributed by atoms with van der Waals surface area (Å²) in [6, 6.07) is 24.4. The Morgan fingerprint density at radius 2 is 1.50 bits per heavy atom. The van der Waals surface area contributed by atoms with E-state index in [1.165, 1.54) is 0 Å². The quantitative estimate of drug-likeness (QED) is 0.345. The molecule has 0 saturated heterocycles. The molecule has 7 nitrogen and oxygen atoms in total. The molecule has 1 aromatic heterocycles. The van der Waals surface area contributed by atoms with Crippen molar-refractivity contribution in [1.29, 1.82) is 0 Å². The number of amides is 2. The summed E-state index contributed by atoms with van der Waals surface area (Å²) in [4.78, 5) is 26.7. The molecule has 0 saturated carbocycles. The van der Waals surface area contributed by atoms with Crippen molar-refractivity contribution in [2.24, 2.45) is 0 Å². The number of aromatic nitrogens is 2. The zero-order valence-electron chi connectivity index (χ0n) is 20.4. The zero-order valence-corrected chi connectivity index (χ0v) is 20.4. The normalized spacial score (nSPS) is 14.6. The minimum Gasteiger partial charge on any atom is -0.343 e. The molecule has 180 valence electrons. The van der Waals surface area contributed by atoms with E-state index in [2.05, 4.69) is 21.0 Å².